The first kappa shape index (κ1) is 13.3. The Bertz CT molecular complexity index is 368. The highest BCUT2D eigenvalue weighted by atomic mass is 15.2. The molecule has 0 amide bonds. The lowest BCUT2D eigenvalue weighted by atomic mass is 9.94. The molecule has 1 aromatic rings. The molecule has 0 spiro atoms. The van der Waals surface area contributed by atoms with Crippen molar-refractivity contribution in [3.05, 3.63) is 23.9 Å². The fourth-order valence-corrected chi connectivity index (χ4v) is 2.77. The van der Waals surface area contributed by atoms with Gasteiger partial charge in [0, 0.05) is 25.3 Å². The number of nitrogens with zero attached hydrogens (tertiary/aromatic N) is 2. The first-order valence-corrected chi connectivity index (χ1v) is 7.15. The van der Waals surface area contributed by atoms with Crippen LogP contribution in [0.25, 0.3) is 0 Å². The van der Waals surface area contributed by atoms with Gasteiger partial charge in [-0.05, 0) is 43.7 Å². The summed E-state index contributed by atoms with van der Waals surface area (Å²) in [4.78, 5) is 7.01. The molecule has 0 radical (unpaired) electrons. The van der Waals surface area contributed by atoms with Gasteiger partial charge in [0.15, 0.2) is 0 Å². The highest BCUT2D eigenvalue weighted by Crippen LogP contribution is 2.26. The standard InChI is InChI=1S/C15H25N3/c1-3-13-6-9-18(10-7-13)15-14(11-12(2)16)5-4-8-17-15/h4-5,8,12-13H,3,6-7,9-11,16H2,1-2H3. The normalized spacial score (nSPS) is 18.9. The quantitative estimate of drug-likeness (QED) is 0.889. The van der Waals surface area contributed by atoms with E-state index in [1.807, 2.05) is 12.3 Å². The van der Waals surface area contributed by atoms with Crippen LogP contribution in [0.1, 0.15) is 38.7 Å². The molecule has 2 heterocycles. The van der Waals surface area contributed by atoms with Crippen molar-refractivity contribution in [2.24, 2.45) is 11.7 Å². The van der Waals surface area contributed by atoms with E-state index in [1.54, 1.807) is 0 Å². The maximum atomic E-state index is 5.92. The average molecular weight is 247 g/mol. The molecule has 2 N–H and O–H groups in total. The summed E-state index contributed by atoms with van der Waals surface area (Å²) in [5.41, 5.74) is 7.21. The second-order valence-electron chi connectivity index (χ2n) is 5.51. The SMILES string of the molecule is CCC1CCN(c2ncccc2CC(C)N)CC1. The first-order valence-electron chi connectivity index (χ1n) is 7.15. The molecular weight excluding hydrogens is 222 g/mol. The zero-order valence-corrected chi connectivity index (χ0v) is 11.6. The molecule has 1 aromatic heterocycles. The first-order chi connectivity index (χ1) is 8.70. The number of nitrogens with two attached hydrogens (primary N) is 1. The van der Waals surface area contributed by atoms with Crippen molar-refractivity contribution < 1.29 is 0 Å². The van der Waals surface area contributed by atoms with Crippen molar-refractivity contribution in [3.63, 3.8) is 0 Å². The summed E-state index contributed by atoms with van der Waals surface area (Å²) in [6.07, 6.45) is 6.71. The van der Waals surface area contributed by atoms with Crippen LogP contribution in [0.5, 0.6) is 0 Å². The van der Waals surface area contributed by atoms with Crippen molar-refractivity contribution >= 4 is 5.82 Å². The molecule has 1 aliphatic heterocycles. The fourth-order valence-electron chi connectivity index (χ4n) is 2.77. The lowest BCUT2D eigenvalue weighted by Gasteiger charge is -2.33. The Morgan fingerprint density at radius 1 is 1.44 bits per heavy atom. The molecular formula is C15H25N3. The molecule has 18 heavy (non-hydrogen) atoms. The Morgan fingerprint density at radius 2 is 2.17 bits per heavy atom. The minimum Gasteiger partial charge on any atom is -0.356 e. The van der Waals surface area contributed by atoms with Crippen molar-refractivity contribution in [2.45, 2.75) is 45.6 Å². The van der Waals surface area contributed by atoms with Gasteiger partial charge in [-0.15, -0.1) is 0 Å². The highest BCUT2D eigenvalue weighted by Gasteiger charge is 2.20. The summed E-state index contributed by atoms with van der Waals surface area (Å²) in [5, 5.41) is 0. The zero-order chi connectivity index (χ0) is 13.0. The number of piperidine rings is 1. The van der Waals surface area contributed by atoms with Crippen LogP contribution in [-0.2, 0) is 6.42 Å². The Hall–Kier alpha value is -1.09. The third-order valence-electron chi connectivity index (χ3n) is 3.90. The number of anilines is 1. The Kier molecular flexibility index (Phi) is 4.59. The van der Waals surface area contributed by atoms with Gasteiger partial charge >= 0.3 is 0 Å². The van der Waals surface area contributed by atoms with Gasteiger partial charge < -0.3 is 10.6 Å². The molecule has 1 atom stereocenters. The van der Waals surface area contributed by atoms with Gasteiger partial charge in [-0.25, -0.2) is 4.98 Å². The highest BCUT2D eigenvalue weighted by molar-refractivity contribution is 5.47. The lowest BCUT2D eigenvalue weighted by Crippen LogP contribution is -2.35. The summed E-state index contributed by atoms with van der Waals surface area (Å²) in [5.74, 6) is 2.06. The number of pyridine rings is 1. The summed E-state index contributed by atoms with van der Waals surface area (Å²) in [6, 6.07) is 4.37. The Balaban J connectivity index is 2.08. The van der Waals surface area contributed by atoms with Crippen LogP contribution < -0.4 is 10.6 Å². The van der Waals surface area contributed by atoms with Gasteiger partial charge in [0.25, 0.3) is 0 Å². The van der Waals surface area contributed by atoms with Crippen molar-refractivity contribution in [2.75, 3.05) is 18.0 Å². The predicted molar refractivity (Wildman–Crippen MR) is 76.8 cm³/mol. The average Bonchev–Trinajstić information content (AvgIpc) is 2.39. The molecule has 0 aromatic carbocycles. The smallest absolute Gasteiger partial charge is 0.131 e. The molecule has 1 aliphatic rings. The predicted octanol–water partition coefficient (Wildman–Crippen LogP) is 2.60. The Morgan fingerprint density at radius 3 is 2.78 bits per heavy atom. The minimum atomic E-state index is 0.195. The van der Waals surface area contributed by atoms with Crippen LogP contribution in [0.3, 0.4) is 0 Å². The van der Waals surface area contributed by atoms with E-state index >= 15 is 0 Å². The van der Waals surface area contributed by atoms with Crippen LogP contribution in [-0.4, -0.2) is 24.1 Å². The zero-order valence-electron chi connectivity index (χ0n) is 11.6. The maximum Gasteiger partial charge on any atom is 0.131 e. The second kappa shape index (κ2) is 6.19. The largest absolute Gasteiger partial charge is 0.356 e. The summed E-state index contributed by atoms with van der Waals surface area (Å²) >= 11 is 0. The van der Waals surface area contributed by atoms with Gasteiger partial charge in [-0.1, -0.05) is 19.4 Å². The molecule has 100 valence electrons. The van der Waals surface area contributed by atoms with Crippen LogP contribution >= 0.6 is 0 Å². The van der Waals surface area contributed by atoms with E-state index in [0.29, 0.717) is 0 Å². The van der Waals surface area contributed by atoms with E-state index in [9.17, 15) is 0 Å². The summed E-state index contributed by atoms with van der Waals surface area (Å²) < 4.78 is 0. The maximum absolute atomic E-state index is 5.92. The third-order valence-corrected chi connectivity index (χ3v) is 3.90. The van der Waals surface area contributed by atoms with E-state index < -0.39 is 0 Å². The molecule has 0 bridgehead atoms. The van der Waals surface area contributed by atoms with Crippen LogP contribution in [0.4, 0.5) is 5.82 Å². The number of aromatic nitrogens is 1. The van der Waals surface area contributed by atoms with Crippen LogP contribution in [0, 0.1) is 5.92 Å². The molecule has 1 unspecified atom stereocenters. The molecule has 2 rings (SSSR count). The monoisotopic (exact) mass is 247 g/mol. The lowest BCUT2D eigenvalue weighted by molar-refractivity contribution is 0.393. The van der Waals surface area contributed by atoms with Gasteiger partial charge in [-0.3, -0.25) is 0 Å². The van der Waals surface area contributed by atoms with Gasteiger partial charge in [0.2, 0.25) is 0 Å². The molecule has 0 saturated carbocycles. The number of hydrogen-bond donors (Lipinski definition) is 1. The van der Waals surface area contributed by atoms with Crippen molar-refractivity contribution in [1.82, 2.24) is 4.98 Å². The van der Waals surface area contributed by atoms with E-state index in [4.69, 9.17) is 5.73 Å². The van der Waals surface area contributed by atoms with Crippen molar-refractivity contribution in [3.8, 4) is 0 Å². The summed E-state index contributed by atoms with van der Waals surface area (Å²) in [7, 11) is 0. The van der Waals surface area contributed by atoms with Crippen LogP contribution in [0.2, 0.25) is 0 Å². The Labute approximate surface area is 110 Å². The van der Waals surface area contributed by atoms with Crippen molar-refractivity contribution in [1.29, 1.82) is 0 Å². The van der Waals surface area contributed by atoms with E-state index in [-0.39, 0.29) is 6.04 Å². The molecule has 1 saturated heterocycles. The molecule has 3 nitrogen and oxygen atoms in total. The number of rotatable bonds is 4. The minimum absolute atomic E-state index is 0.195. The van der Waals surface area contributed by atoms with E-state index in [2.05, 4.69) is 29.8 Å². The van der Waals surface area contributed by atoms with Gasteiger partial charge in [0.1, 0.15) is 5.82 Å². The van der Waals surface area contributed by atoms with Gasteiger partial charge in [-0.2, -0.15) is 0 Å². The third kappa shape index (κ3) is 3.22. The van der Waals surface area contributed by atoms with Crippen LogP contribution in [0.15, 0.2) is 18.3 Å². The molecule has 0 aliphatic carbocycles. The van der Waals surface area contributed by atoms with E-state index in [1.165, 1.54) is 24.8 Å². The molecule has 3 heteroatoms. The number of hydrogen-bond acceptors (Lipinski definition) is 3. The van der Waals surface area contributed by atoms with E-state index in [0.717, 1.165) is 31.2 Å². The second-order valence-corrected chi connectivity index (χ2v) is 5.51. The molecule has 1 fully saturated rings. The fraction of sp³-hybridized carbons (Fsp3) is 0.667. The summed E-state index contributed by atoms with van der Waals surface area (Å²) in [6.45, 7) is 6.63. The van der Waals surface area contributed by atoms with Gasteiger partial charge in [0.05, 0.1) is 0 Å². The topological polar surface area (TPSA) is 42.2 Å².